The van der Waals surface area contributed by atoms with Crippen molar-refractivity contribution in [3.05, 3.63) is 48.5 Å². The number of halogens is 2. The second-order valence-electron chi connectivity index (χ2n) is 5.09. The van der Waals surface area contributed by atoms with Crippen LogP contribution in [0.1, 0.15) is 28.5 Å². The van der Waals surface area contributed by atoms with Crippen LogP contribution in [0.25, 0.3) is 0 Å². The Kier molecular flexibility index (Phi) is 4.23. The van der Waals surface area contributed by atoms with Gasteiger partial charge in [-0.15, -0.1) is 11.3 Å². The van der Waals surface area contributed by atoms with E-state index in [0.717, 1.165) is 30.8 Å². The molecule has 1 aromatic carbocycles. The summed E-state index contributed by atoms with van der Waals surface area (Å²) in [6.45, 7) is 0. The van der Waals surface area contributed by atoms with E-state index in [2.05, 4.69) is 44.0 Å². The number of anilines is 1. The first kappa shape index (κ1) is 15.2. The van der Waals surface area contributed by atoms with Crippen molar-refractivity contribution in [2.75, 3.05) is 11.9 Å². The molecule has 0 saturated carbocycles. The van der Waals surface area contributed by atoms with Gasteiger partial charge >= 0.3 is 0 Å². The largest absolute Gasteiger partial charge is 0.320 e. The van der Waals surface area contributed by atoms with Crippen LogP contribution >= 0.6 is 43.2 Å². The van der Waals surface area contributed by atoms with Crippen molar-refractivity contribution >= 4 is 54.8 Å². The second-order valence-corrected chi connectivity index (χ2v) is 8.34. The van der Waals surface area contributed by atoms with Crippen LogP contribution in [0.2, 0.25) is 0 Å². The van der Waals surface area contributed by atoms with Gasteiger partial charge < -0.3 is 10.6 Å². The van der Waals surface area contributed by atoms with Crippen molar-refractivity contribution in [3.8, 4) is 0 Å². The number of fused-ring (bicyclic) bond motifs is 1. The molecule has 1 aliphatic heterocycles. The van der Waals surface area contributed by atoms with Crippen molar-refractivity contribution in [1.29, 1.82) is 0 Å². The van der Waals surface area contributed by atoms with E-state index in [1.54, 1.807) is 16.2 Å². The molecule has 1 aliphatic rings. The molecule has 0 aliphatic carbocycles. The minimum absolute atomic E-state index is 0.147. The molecular weight excluding hydrogens is 416 g/mol. The summed E-state index contributed by atoms with van der Waals surface area (Å²) in [4.78, 5) is 14.6. The number of benzene rings is 1. The molecular formula is C15H14Br2N2OS. The topological polar surface area (TPSA) is 46.3 Å². The summed E-state index contributed by atoms with van der Waals surface area (Å²) in [6, 6.07) is 8.05. The number of thiophene rings is 1. The molecule has 3 nitrogen and oxygen atoms in total. The van der Waals surface area contributed by atoms with Crippen molar-refractivity contribution in [2.24, 2.45) is 5.73 Å². The highest BCUT2D eigenvalue weighted by atomic mass is 79.9. The molecule has 110 valence electrons. The third kappa shape index (κ3) is 2.82. The molecule has 0 bridgehead atoms. The number of carbonyl (C=O) groups excluding carboxylic acids is 1. The second kappa shape index (κ2) is 5.83. The summed E-state index contributed by atoms with van der Waals surface area (Å²) in [5, 5.41) is 0. The van der Waals surface area contributed by atoms with E-state index >= 15 is 0 Å². The summed E-state index contributed by atoms with van der Waals surface area (Å²) < 4.78 is 2.08. The monoisotopic (exact) mass is 428 g/mol. The maximum atomic E-state index is 11.7. The quantitative estimate of drug-likeness (QED) is 0.776. The number of hydrogen-bond acceptors (Lipinski definition) is 3. The first-order chi connectivity index (χ1) is 9.97. The Balaban J connectivity index is 1.95. The van der Waals surface area contributed by atoms with Gasteiger partial charge in [0.25, 0.3) is 0 Å². The zero-order valence-corrected chi connectivity index (χ0v) is 15.4. The van der Waals surface area contributed by atoms with Gasteiger partial charge in [0.2, 0.25) is 5.91 Å². The first-order valence-corrected chi connectivity index (χ1v) is 8.97. The van der Waals surface area contributed by atoms with Gasteiger partial charge in [-0.2, -0.15) is 0 Å². The van der Waals surface area contributed by atoms with Crippen LogP contribution < -0.4 is 10.6 Å². The Morgan fingerprint density at radius 3 is 2.71 bits per heavy atom. The van der Waals surface area contributed by atoms with E-state index in [1.807, 2.05) is 19.2 Å². The fraction of sp³-hybridized carbons (Fsp3) is 0.267. The molecule has 0 saturated heterocycles. The predicted octanol–water partition coefficient (Wildman–Crippen LogP) is 4.23. The standard InChI is InChI=1S/C15H14Br2N2OS/c1-19-11-4-2-9(6-8(11)3-5-13(19)20)14(18)12-7-10(16)15(17)21-12/h2,4,6-7,14H,3,5,18H2,1H3. The van der Waals surface area contributed by atoms with Gasteiger partial charge in [-0.05, 0) is 61.5 Å². The number of nitrogens with two attached hydrogens (primary N) is 1. The number of hydrogen-bond donors (Lipinski definition) is 1. The molecule has 2 N–H and O–H groups in total. The van der Waals surface area contributed by atoms with Crippen LogP contribution in [0, 0.1) is 0 Å². The number of amides is 1. The van der Waals surface area contributed by atoms with Crippen molar-refractivity contribution < 1.29 is 4.79 Å². The molecule has 1 unspecified atom stereocenters. The Hall–Kier alpha value is -0.690. The minimum Gasteiger partial charge on any atom is -0.320 e. The van der Waals surface area contributed by atoms with Gasteiger partial charge in [0.1, 0.15) is 0 Å². The summed E-state index contributed by atoms with van der Waals surface area (Å²) >= 11 is 8.63. The Bertz CT molecular complexity index is 694. The highest BCUT2D eigenvalue weighted by molar-refractivity contribution is 9.13. The van der Waals surface area contributed by atoms with Crippen LogP contribution in [0.5, 0.6) is 0 Å². The molecule has 0 radical (unpaired) electrons. The summed E-state index contributed by atoms with van der Waals surface area (Å²) in [6.07, 6.45) is 1.36. The highest BCUT2D eigenvalue weighted by Gasteiger charge is 2.22. The van der Waals surface area contributed by atoms with E-state index in [4.69, 9.17) is 5.73 Å². The van der Waals surface area contributed by atoms with Crippen molar-refractivity contribution in [2.45, 2.75) is 18.9 Å². The fourth-order valence-electron chi connectivity index (χ4n) is 2.55. The van der Waals surface area contributed by atoms with Crippen molar-refractivity contribution in [1.82, 2.24) is 0 Å². The van der Waals surface area contributed by atoms with Crippen LogP contribution in [-0.4, -0.2) is 13.0 Å². The van der Waals surface area contributed by atoms with Crippen LogP contribution in [0.4, 0.5) is 5.69 Å². The van der Waals surface area contributed by atoms with Gasteiger partial charge in [-0.1, -0.05) is 12.1 Å². The normalized spacial score (nSPS) is 16.0. The molecule has 0 fully saturated rings. The van der Waals surface area contributed by atoms with Gasteiger partial charge in [-0.25, -0.2) is 0 Å². The van der Waals surface area contributed by atoms with E-state index in [0.29, 0.717) is 6.42 Å². The highest BCUT2D eigenvalue weighted by Crippen LogP contribution is 2.38. The van der Waals surface area contributed by atoms with E-state index < -0.39 is 0 Å². The number of aryl methyl sites for hydroxylation is 1. The average Bonchev–Trinajstić information content (AvgIpc) is 2.81. The molecule has 6 heteroatoms. The lowest BCUT2D eigenvalue weighted by atomic mass is 9.96. The molecule has 2 heterocycles. The first-order valence-electron chi connectivity index (χ1n) is 6.57. The van der Waals surface area contributed by atoms with Gasteiger partial charge in [0.05, 0.1) is 9.83 Å². The number of carbonyl (C=O) groups is 1. The molecule has 21 heavy (non-hydrogen) atoms. The Morgan fingerprint density at radius 2 is 2.05 bits per heavy atom. The van der Waals surface area contributed by atoms with Crippen LogP contribution in [0.15, 0.2) is 32.5 Å². The fourth-order valence-corrected chi connectivity index (χ4v) is 4.67. The average molecular weight is 430 g/mol. The van der Waals surface area contributed by atoms with Gasteiger partial charge in [-0.3, -0.25) is 4.79 Å². The molecule has 1 amide bonds. The molecule has 0 spiro atoms. The van der Waals surface area contributed by atoms with Crippen molar-refractivity contribution in [3.63, 3.8) is 0 Å². The maximum Gasteiger partial charge on any atom is 0.227 e. The zero-order valence-electron chi connectivity index (χ0n) is 11.4. The maximum absolute atomic E-state index is 11.7. The Labute approximate surface area is 144 Å². The number of rotatable bonds is 2. The molecule has 3 rings (SSSR count). The van der Waals surface area contributed by atoms with Gasteiger partial charge in [0.15, 0.2) is 0 Å². The third-order valence-corrected chi connectivity index (χ3v) is 7.12. The summed E-state index contributed by atoms with van der Waals surface area (Å²) in [5.41, 5.74) is 9.65. The lowest BCUT2D eigenvalue weighted by Gasteiger charge is -2.26. The summed E-state index contributed by atoms with van der Waals surface area (Å²) in [7, 11) is 1.83. The van der Waals surface area contributed by atoms with E-state index in [1.165, 1.54) is 5.56 Å². The lowest BCUT2D eigenvalue weighted by molar-refractivity contribution is -0.118. The molecule has 1 aromatic heterocycles. The molecule has 1 atom stereocenters. The summed E-state index contributed by atoms with van der Waals surface area (Å²) in [5.74, 6) is 0.172. The van der Waals surface area contributed by atoms with Crippen LogP contribution in [-0.2, 0) is 11.2 Å². The Morgan fingerprint density at radius 1 is 1.29 bits per heavy atom. The SMILES string of the molecule is CN1C(=O)CCc2cc(C(N)c3cc(Br)c(Br)s3)ccc21. The van der Waals surface area contributed by atoms with E-state index in [9.17, 15) is 4.79 Å². The molecule has 2 aromatic rings. The smallest absolute Gasteiger partial charge is 0.227 e. The van der Waals surface area contributed by atoms with Crippen LogP contribution in [0.3, 0.4) is 0 Å². The lowest BCUT2D eigenvalue weighted by Crippen LogP contribution is -2.31. The predicted molar refractivity (Wildman–Crippen MR) is 93.9 cm³/mol. The van der Waals surface area contributed by atoms with E-state index in [-0.39, 0.29) is 11.9 Å². The van der Waals surface area contributed by atoms with Gasteiger partial charge in [0, 0.05) is 28.5 Å². The minimum atomic E-state index is -0.147. The zero-order chi connectivity index (χ0) is 15.1. The third-order valence-electron chi connectivity index (χ3n) is 3.78. The number of nitrogens with zero attached hydrogens (tertiary/aromatic N) is 1.